The number of hydrogen-bond donors (Lipinski definition) is 1. The molecule has 0 aromatic heterocycles. The Morgan fingerprint density at radius 1 is 1.50 bits per heavy atom. The van der Waals surface area contributed by atoms with Gasteiger partial charge < -0.3 is 10.2 Å². The van der Waals surface area contributed by atoms with Crippen LogP contribution in [0.15, 0.2) is 22.7 Å². The van der Waals surface area contributed by atoms with Gasteiger partial charge in [-0.05, 0) is 59.0 Å². The van der Waals surface area contributed by atoms with Gasteiger partial charge in [0.05, 0.1) is 5.56 Å². The van der Waals surface area contributed by atoms with Crippen molar-refractivity contribution >= 4 is 44.4 Å². The van der Waals surface area contributed by atoms with E-state index in [9.17, 15) is 4.79 Å². The lowest BCUT2D eigenvalue weighted by atomic mass is 9.93. The van der Waals surface area contributed by atoms with Crippen molar-refractivity contribution in [3.8, 4) is 0 Å². The molecule has 0 aliphatic carbocycles. The predicted octanol–water partition coefficient (Wildman–Crippen LogP) is 3.12. The number of nitrogens with zero attached hydrogens (tertiary/aromatic N) is 1. The summed E-state index contributed by atoms with van der Waals surface area (Å²) in [4.78, 5) is 15.0. The third-order valence-corrected chi connectivity index (χ3v) is 5.99. The number of fused-ring (bicyclic) bond motifs is 1. The largest absolute Gasteiger partial charge is 0.335 e. The van der Waals surface area contributed by atoms with Gasteiger partial charge in [-0.3, -0.25) is 4.79 Å². The van der Waals surface area contributed by atoms with Gasteiger partial charge in [-0.2, -0.15) is 0 Å². The molecule has 108 valence electrons. The number of halogens is 2. The molecule has 20 heavy (non-hydrogen) atoms. The fourth-order valence-corrected chi connectivity index (χ4v) is 4.52. The van der Waals surface area contributed by atoms with E-state index < -0.39 is 0 Å². The maximum atomic E-state index is 12.9. The highest BCUT2D eigenvalue weighted by Gasteiger charge is 2.45. The first-order valence-electron chi connectivity index (χ1n) is 7.08. The molecule has 3 nitrogen and oxygen atoms in total. The van der Waals surface area contributed by atoms with Crippen molar-refractivity contribution in [3.05, 3.63) is 31.8 Å². The Bertz CT molecular complexity index is 537. The van der Waals surface area contributed by atoms with Gasteiger partial charge in [-0.25, -0.2) is 0 Å². The number of rotatable bonds is 2. The Labute approximate surface area is 141 Å². The SMILES string of the molecule is CCC1C2CNCC2CN1C(=O)c1cc(Br)ccc1I. The topological polar surface area (TPSA) is 32.3 Å². The van der Waals surface area contributed by atoms with Gasteiger partial charge in [0.25, 0.3) is 5.91 Å². The van der Waals surface area contributed by atoms with Crippen LogP contribution in [0.2, 0.25) is 0 Å². The van der Waals surface area contributed by atoms with Gasteiger partial charge in [0.2, 0.25) is 0 Å². The molecular formula is C15H18BrIN2O. The van der Waals surface area contributed by atoms with E-state index in [0.29, 0.717) is 17.9 Å². The minimum absolute atomic E-state index is 0.192. The summed E-state index contributed by atoms with van der Waals surface area (Å²) in [7, 11) is 0. The second-order valence-corrected chi connectivity index (χ2v) is 7.72. The maximum absolute atomic E-state index is 12.9. The van der Waals surface area contributed by atoms with Crippen LogP contribution in [0.4, 0.5) is 0 Å². The minimum Gasteiger partial charge on any atom is -0.335 e. The van der Waals surface area contributed by atoms with E-state index in [0.717, 1.165) is 39.7 Å². The molecule has 2 saturated heterocycles. The number of hydrogen-bond acceptors (Lipinski definition) is 2. The third-order valence-electron chi connectivity index (χ3n) is 4.56. The van der Waals surface area contributed by atoms with Crippen molar-refractivity contribution in [2.75, 3.05) is 19.6 Å². The van der Waals surface area contributed by atoms with Crippen molar-refractivity contribution in [1.82, 2.24) is 10.2 Å². The van der Waals surface area contributed by atoms with Crippen molar-refractivity contribution in [2.45, 2.75) is 19.4 Å². The van der Waals surface area contributed by atoms with Crippen LogP contribution in [0.1, 0.15) is 23.7 Å². The van der Waals surface area contributed by atoms with Crippen LogP contribution in [-0.2, 0) is 0 Å². The summed E-state index contributed by atoms with van der Waals surface area (Å²) in [5.74, 6) is 1.46. The van der Waals surface area contributed by atoms with Gasteiger partial charge in [0.1, 0.15) is 0 Å². The molecule has 5 heteroatoms. The van der Waals surface area contributed by atoms with Crippen LogP contribution in [-0.4, -0.2) is 36.5 Å². The van der Waals surface area contributed by atoms with Gasteiger partial charge >= 0.3 is 0 Å². The number of carbonyl (C=O) groups is 1. The normalized spacial score (nSPS) is 28.8. The van der Waals surface area contributed by atoms with E-state index in [1.165, 1.54) is 0 Å². The summed E-state index contributed by atoms with van der Waals surface area (Å²) in [5.41, 5.74) is 0.825. The Morgan fingerprint density at radius 2 is 2.30 bits per heavy atom. The highest BCUT2D eigenvalue weighted by molar-refractivity contribution is 14.1. The van der Waals surface area contributed by atoms with Crippen LogP contribution < -0.4 is 5.32 Å². The molecule has 0 radical (unpaired) electrons. The molecule has 3 rings (SSSR count). The molecule has 0 bridgehead atoms. The monoisotopic (exact) mass is 448 g/mol. The highest BCUT2D eigenvalue weighted by Crippen LogP contribution is 2.35. The van der Waals surface area contributed by atoms with Crippen molar-refractivity contribution in [2.24, 2.45) is 11.8 Å². The molecule has 1 aromatic rings. The lowest BCUT2D eigenvalue weighted by Crippen LogP contribution is -2.39. The van der Waals surface area contributed by atoms with Crippen molar-refractivity contribution in [1.29, 1.82) is 0 Å². The smallest absolute Gasteiger partial charge is 0.255 e. The molecule has 1 aromatic carbocycles. The van der Waals surface area contributed by atoms with E-state index >= 15 is 0 Å². The van der Waals surface area contributed by atoms with Crippen LogP contribution in [0.25, 0.3) is 0 Å². The molecule has 2 heterocycles. The molecule has 2 aliphatic rings. The zero-order valence-corrected chi connectivity index (χ0v) is 15.1. The zero-order chi connectivity index (χ0) is 14.3. The summed E-state index contributed by atoms with van der Waals surface area (Å²) < 4.78 is 2.00. The molecule has 3 atom stereocenters. The van der Waals surface area contributed by atoms with Crippen LogP contribution in [0.3, 0.4) is 0 Å². The Hall–Kier alpha value is -0.140. The average Bonchev–Trinajstić information content (AvgIpc) is 3.00. The molecule has 0 saturated carbocycles. The summed E-state index contributed by atoms with van der Waals surface area (Å²) in [6.07, 6.45) is 1.04. The van der Waals surface area contributed by atoms with E-state index in [1.54, 1.807) is 0 Å². The van der Waals surface area contributed by atoms with Gasteiger partial charge in [-0.1, -0.05) is 22.9 Å². The summed E-state index contributed by atoms with van der Waals surface area (Å²) >= 11 is 5.72. The number of benzene rings is 1. The summed E-state index contributed by atoms with van der Waals surface area (Å²) in [6, 6.07) is 6.32. The Balaban J connectivity index is 1.88. The van der Waals surface area contributed by atoms with Crippen molar-refractivity contribution < 1.29 is 4.79 Å². The quantitative estimate of drug-likeness (QED) is 0.705. The fourth-order valence-electron chi connectivity index (χ4n) is 3.60. The van der Waals surface area contributed by atoms with Gasteiger partial charge in [-0.15, -0.1) is 0 Å². The fraction of sp³-hybridized carbons (Fsp3) is 0.533. The molecule has 1 N–H and O–H groups in total. The highest BCUT2D eigenvalue weighted by atomic mass is 127. The lowest BCUT2D eigenvalue weighted by molar-refractivity contribution is 0.0710. The number of amides is 1. The van der Waals surface area contributed by atoms with E-state index in [-0.39, 0.29) is 5.91 Å². The van der Waals surface area contributed by atoms with Gasteiger partial charge in [0, 0.05) is 33.7 Å². The van der Waals surface area contributed by atoms with Crippen LogP contribution >= 0.6 is 38.5 Å². The standard InChI is InChI=1S/C15H18BrIN2O/c1-2-14-12-7-18-6-9(12)8-19(14)15(20)11-5-10(16)3-4-13(11)17/h3-5,9,12,14,18H,2,6-8H2,1H3. The Morgan fingerprint density at radius 3 is 3.05 bits per heavy atom. The zero-order valence-electron chi connectivity index (χ0n) is 11.4. The minimum atomic E-state index is 0.192. The molecular weight excluding hydrogens is 431 g/mol. The first-order valence-corrected chi connectivity index (χ1v) is 8.95. The van der Waals surface area contributed by atoms with Crippen LogP contribution in [0.5, 0.6) is 0 Å². The van der Waals surface area contributed by atoms with Gasteiger partial charge in [0.15, 0.2) is 0 Å². The number of carbonyl (C=O) groups excluding carboxylic acids is 1. The van der Waals surface area contributed by atoms with E-state index in [2.05, 4.69) is 55.7 Å². The van der Waals surface area contributed by atoms with E-state index in [1.807, 2.05) is 18.2 Å². The van der Waals surface area contributed by atoms with Crippen LogP contribution in [0, 0.1) is 15.4 Å². The molecule has 0 spiro atoms. The lowest BCUT2D eigenvalue weighted by Gasteiger charge is -2.27. The molecule has 2 aliphatic heterocycles. The van der Waals surface area contributed by atoms with Crippen molar-refractivity contribution in [3.63, 3.8) is 0 Å². The first-order chi connectivity index (χ1) is 9.61. The Kier molecular flexibility index (Phi) is 4.38. The second kappa shape index (κ2) is 5.93. The maximum Gasteiger partial charge on any atom is 0.255 e. The number of nitrogens with one attached hydrogen (secondary N) is 1. The molecule has 3 unspecified atom stereocenters. The number of likely N-dealkylation sites (tertiary alicyclic amines) is 1. The second-order valence-electron chi connectivity index (χ2n) is 5.64. The molecule has 1 amide bonds. The predicted molar refractivity (Wildman–Crippen MR) is 91.8 cm³/mol. The van der Waals surface area contributed by atoms with E-state index in [4.69, 9.17) is 0 Å². The first kappa shape index (κ1) is 14.8. The summed E-state index contributed by atoms with van der Waals surface area (Å²) in [5, 5.41) is 3.46. The average molecular weight is 449 g/mol. The third kappa shape index (κ3) is 2.52. The summed E-state index contributed by atoms with van der Waals surface area (Å²) in [6.45, 7) is 5.21. The molecule has 2 fully saturated rings.